The van der Waals surface area contributed by atoms with Crippen LogP contribution < -0.4 is 15.4 Å². The Hall–Kier alpha value is -2.53. The number of guanidine groups is 1. The molecule has 5 nitrogen and oxygen atoms in total. The minimum atomic E-state index is 0.143. The summed E-state index contributed by atoms with van der Waals surface area (Å²) in [4.78, 5) is 4.71. The number of hydrogen-bond acceptors (Lipinski definition) is 3. The summed E-state index contributed by atoms with van der Waals surface area (Å²) in [6.45, 7) is 9.82. The van der Waals surface area contributed by atoms with E-state index in [0.717, 1.165) is 36.8 Å². The van der Waals surface area contributed by atoms with Crippen LogP contribution in [0.15, 0.2) is 47.5 Å². The molecule has 0 bridgehead atoms. The van der Waals surface area contributed by atoms with Gasteiger partial charge in [-0.3, -0.25) is 0 Å². The van der Waals surface area contributed by atoms with Crippen LogP contribution in [-0.2, 0) is 17.8 Å². The number of benzene rings is 2. The second-order valence-corrected chi connectivity index (χ2v) is 7.25. The monoisotopic (exact) mass is 381 g/mol. The van der Waals surface area contributed by atoms with E-state index in [2.05, 4.69) is 73.9 Å². The van der Waals surface area contributed by atoms with Crippen LogP contribution in [0.2, 0.25) is 0 Å². The molecule has 150 valence electrons. The molecule has 1 aliphatic heterocycles. The molecule has 0 saturated carbocycles. The molecule has 28 heavy (non-hydrogen) atoms. The summed E-state index contributed by atoms with van der Waals surface area (Å²) in [5.74, 6) is 1.73. The maximum absolute atomic E-state index is 6.19. The maximum atomic E-state index is 6.19. The number of aliphatic imine (C=N–C) groups is 1. The molecular weight excluding hydrogens is 350 g/mol. The van der Waals surface area contributed by atoms with Crippen molar-refractivity contribution in [3.63, 3.8) is 0 Å². The highest BCUT2D eigenvalue weighted by atomic mass is 16.5. The van der Waals surface area contributed by atoms with E-state index in [-0.39, 0.29) is 6.10 Å². The zero-order valence-corrected chi connectivity index (χ0v) is 17.1. The highest BCUT2D eigenvalue weighted by Gasteiger charge is 2.18. The predicted octanol–water partition coefficient (Wildman–Crippen LogP) is 3.73. The Labute approximate surface area is 168 Å². The van der Waals surface area contributed by atoms with Gasteiger partial charge in [0.25, 0.3) is 0 Å². The van der Waals surface area contributed by atoms with Crippen molar-refractivity contribution >= 4 is 5.96 Å². The molecular formula is C23H31N3O2. The van der Waals surface area contributed by atoms with E-state index in [9.17, 15) is 0 Å². The SMILES string of the molecule is CCNC(=NCc1ccc(C)cc1)NCc1ccc(C)cc1OC1CCOC1. The van der Waals surface area contributed by atoms with E-state index in [0.29, 0.717) is 19.7 Å². The van der Waals surface area contributed by atoms with Crippen molar-refractivity contribution in [1.29, 1.82) is 0 Å². The van der Waals surface area contributed by atoms with Crippen LogP contribution in [0.1, 0.15) is 35.6 Å². The Kier molecular flexibility index (Phi) is 7.31. The number of nitrogens with zero attached hydrogens (tertiary/aromatic N) is 1. The summed E-state index contributed by atoms with van der Waals surface area (Å²) in [7, 11) is 0. The lowest BCUT2D eigenvalue weighted by Gasteiger charge is -2.18. The summed E-state index contributed by atoms with van der Waals surface area (Å²) in [6.07, 6.45) is 1.09. The molecule has 2 aromatic carbocycles. The first kappa shape index (κ1) is 20.2. The van der Waals surface area contributed by atoms with Crippen LogP contribution in [0.5, 0.6) is 5.75 Å². The van der Waals surface area contributed by atoms with Gasteiger partial charge in [0.15, 0.2) is 5.96 Å². The van der Waals surface area contributed by atoms with Crippen molar-refractivity contribution in [3.8, 4) is 5.75 Å². The first-order chi connectivity index (χ1) is 13.6. The van der Waals surface area contributed by atoms with Gasteiger partial charge in [0.1, 0.15) is 11.9 Å². The molecule has 0 aliphatic carbocycles. The molecule has 1 atom stereocenters. The van der Waals surface area contributed by atoms with Crippen molar-refractivity contribution in [2.45, 2.75) is 46.4 Å². The average molecular weight is 382 g/mol. The van der Waals surface area contributed by atoms with Gasteiger partial charge in [-0.25, -0.2) is 4.99 Å². The molecule has 0 amide bonds. The average Bonchev–Trinajstić information content (AvgIpc) is 3.19. The quantitative estimate of drug-likeness (QED) is 0.567. The largest absolute Gasteiger partial charge is 0.488 e. The summed E-state index contributed by atoms with van der Waals surface area (Å²) < 4.78 is 11.6. The molecule has 1 unspecified atom stereocenters. The van der Waals surface area contributed by atoms with Gasteiger partial charge in [0, 0.05) is 25.1 Å². The van der Waals surface area contributed by atoms with Crippen LogP contribution in [0.25, 0.3) is 0 Å². The highest BCUT2D eigenvalue weighted by molar-refractivity contribution is 5.79. The molecule has 1 saturated heterocycles. The molecule has 1 heterocycles. The predicted molar refractivity (Wildman–Crippen MR) is 114 cm³/mol. The normalized spacial score (nSPS) is 16.8. The third-order valence-corrected chi connectivity index (χ3v) is 4.74. The topological polar surface area (TPSA) is 54.9 Å². The third kappa shape index (κ3) is 5.99. The van der Waals surface area contributed by atoms with Crippen LogP contribution in [0, 0.1) is 13.8 Å². The van der Waals surface area contributed by atoms with Crippen LogP contribution in [0.3, 0.4) is 0 Å². The molecule has 2 aromatic rings. The fraction of sp³-hybridized carbons (Fsp3) is 0.435. The molecule has 1 aliphatic rings. The Balaban J connectivity index is 1.65. The molecule has 2 N–H and O–H groups in total. The summed E-state index contributed by atoms with van der Waals surface area (Å²) in [5.41, 5.74) is 4.77. The highest BCUT2D eigenvalue weighted by Crippen LogP contribution is 2.23. The van der Waals surface area contributed by atoms with Gasteiger partial charge < -0.3 is 20.1 Å². The van der Waals surface area contributed by atoms with Crippen molar-refractivity contribution in [3.05, 3.63) is 64.7 Å². The van der Waals surface area contributed by atoms with Crippen molar-refractivity contribution < 1.29 is 9.47 Å². The second-order valence-electron chi connectivity index (χ2n) is 7.25. The van der Waals surface area contributed by atoms with Gasteiger partial charge in [-0.2, -0.15) is 0 Å². The molecule has 5 heteroatoms. The van der Waals surface area contributed by atoms with Gasteiger partial charge in [0.2, 0.25) is 0 Å². The Morgan fingerprint density at radius 1 is 1.11 bits per heavy atom. The number of nitrogens with one attached hydrogen (secondary N) is 2. The molecule has 0 radical (unpaired) electrons. The summed E-state index contributed by atoms with van der Waals surface area (Å²) in [5, 5.41) is 6.75. The zero-order valence-electron chi connectivity index (χ0n) is 17.1. The molecule has 0 aromatic heterocycles. The lowest BCUT2D eigenvalue weighted by molar-refractivity contribution is 0.140. The van der Waals surface area contributed by atoms with E-state index in [1.165, 1.54) is 16.7 Å². The molecule has 0 spiro atoms. The van der Waals surface area contributed by atoms with Crippen LogP contribution in [0.4, 0.5) is 0 Å². The van der Waals surface area contributed by atoms with E-state index >= 15 is 0 Å². The lowest BCUT2D eigenvalue weighted by atomic mass is 10.1. The Morgan fingerprint density at radius 3 is 2.61 bits per heavy atom. The number of aryl methyl sites for hydroxylation is 2. The first-order valence-electron chi connectivity index (χ1n) is 10.1. The number of hydrogen-bond donors (Lipinski definition) is 2. The summed E-state index contributed by atoms with van der Waals surface area (Å²) >= 11 is 0. The third-order valence-electron chi connectivity index (χ3n) is 4.74. The van der Waals surface area contributed by atoms with E-state index in [1.807, 2.05) is 0 Å². The summed E-state index contributed by atoms with van der Waals surface area (Å²) in [6, 6.07) is 14.8. The maximum Gasteiger partial charge on any atom is 0.191 e. The van der Waals surface area contributed by atoms with Gasteiger partial charge in [0.05, 0.1) is 19.8 Å². The van der Waals surface area contributed by atoms with E-state index in [1.54, 1.807) is 0 Å². The second kappa shape index (κ2) is 10.1. The zero-order chi connectivity index (χ0) is 19.8. The van der Waals surface area contributed by atoms with Crippen molar-refractivity contribution in [1.82, 2.24) is 10.6 Å². The smallest absolute Gasteiger partial charge is 0.191 e. The van der Waals surface area contributed by atoms with Gasteiger partial charge in [-0.1, -0.05) is 42.0 Å². The Morgan fingerprint density at radius 2 is 1.89 bits per heavy atom. The van der Waals surface area contributed by atoms with Crippen molar-refractivity contribution in [2.75, 3.05) is 19.8 Å². The van der Waals surface area contributed by atoms with Gasteiger partial charge in [-0.15, -0.1) is 0 Å². The minimum Gasteiger partial charge on any atom is -0.488 e. The lowest BCUT2D eigenvalue weighted by Crippen LogP contribution is -2.37. The van der Waals surface area contributed by atoms with Gasteiger partial charge in [-0.05, 0) is 38.0 Å². The van der Waals surface area contributed by atoms with E-state index in [4.69, 9.17) is 14.5 Å². The number of rotatable bonds is 7. The van der Waals surface area contributed by atoms with Gasteiger partial charge >= 0.3 is 0 Å². The minimum absolute atomic E-state index is 0.143. The first-order valence-corrected chi connectivity index (χ1v) is 10.1. The van der Waals surface area contributed by atoms with Crippen LogP contribution in [-0.4, -0.2) is 31.8 Å². The molecule has 3 rings (SSSR count). The number of ether oxygens (including phenoxy) is 2. The standard InChI is InChI=1S/C23H31N3O2/c1-4-24-23(25-14-19-8-5-17(2)6-9-19)26-15-20-10-7-18(3)13-22(20)28-21-11-12-27-16-21/h5-10,13,21H,4,11-12,14-16H2,1-3H3,(H2,24,25,26). The molecule has 1 fully saturated rings. The van der Waals surface area contributed by atoms with Crippen molar-refractivity contribution in [2.24, 2.45) is 4.99 Å². The Bertz CT molecular complexity index is 781. The van der Waals surface area contributed by atoms with Crippen LogP contribution >= 0.6 is 0 Å². The fourth-order valence-electron chi connectivity index (χ4n) is 3.09. The van der Waals surface area contributed by atoms with E-state index < -0.39 is 0 Å². The fourth-order valence-corrected chi connectivity index (χ4v) is 3.09.